The van der Waals surface area contributed by atoms with E-state index in [1.54, 1.807) is 4.52 Å². The van der Waals surface area contributed by atoms with E-state index in [0.717, 1.165) is 42.5 Å². The van der Waals surface area contributed by atoms with Crippen LogP contribution < -0.4 is 5.32 Å². The van der Waals surface area contributed by atoms with Crippen LogP contribution in [0.4, 0.5) is 13.2 Å². The molecule has 2 aliphatic heterocycles. The summed E-state index contributed by atoms with van der Waals surface area (Å²) < 4.78 is 46.7. The summed E-state index contributed by atoms with van der Waals surface area (Å²) in [5, 5.41) is 6.88. The van der Waals surface area contributed by atoms with Gasteiger partial charge < -0.3 is 10.1 Å². The van der Waals surface area contributed by atoms with Gasteiger partial charge in [-0.1, -0.05) is 0 Å². The van der Waals surface area contributed by atoms with Crippen LogP contribution in [-0.2, 0) is 22.4 Å². The monoisotopic (exact) mass is 477 g/mol. The molecular weight excluding hydrogens is 447 g/mol. The number of rotatable bonds is 7. The molecule has 4 aliphatic rings. The first-order chi connectivity index (χ1) is 16.3. The van der Waals surface area contributed by atoms with E-state index in [0.29, 0.717) is 30.6 Å². The predicted octanol–water partition coefficient (Wildman–Crippen LogP) is 3.61. The molecule has 0 bridgehead atoms. The predicted molar refractivity (Wildman–Crippen MR) is 116 cm³/mol. The van der Waals surface area contributed by atoms with Crippen molar-refractivity contribution >= 4 is 11.7 Å². The van der Waals surface area contributed by atoms with Gasteiger partial charge in [0.1, 0.15) is 6.04 Å². The lowest BCUT2D eigenvalue weighted by atomic mass is 9.91. The SMILES string of the molecule is O=C1NC(C(F)(F)F)CC1Cc1nn2cc(CC(C3CC3)C3CC3)nc2nc1C1CCOCC1. The highest BCUT2D eigenvalue weighted by Crippen LogP contribution is 2.50. The Balaban J connectivity index is 1.29. The molecule has 2 saturated carbocycles. The Labute approximate surface area is 195 Å². The number of halogens is 3. The topological polar surface area (TPSA) is 81.4 Å². The number of alkyl halides is 3. The number of fused-ring (bicyclic) bond motifs is 1. The average molecular weight is 478 g/mol. The highest BCUT2D eigenvalue weighted by molar-refractivity contribution is 5.81. The molecule has 2 atom stereocenters. The van der Waals surface area contributed by atoms with Gasteiger partial charge in [0, 0.05) is 31.5 Å². The van der Waals surface area contributed by atoms with Gasteiger partial charge in [-0.3, -0.25) is 4.79 Å². The van der Waals surface area contributed by atoms with Crippen molar-refractivity contribution < 1.29 is 22.7 Å². The van der Waals surface area contributed by atoms with Crippen molar-refractivity contribution in [2.75, 3.05) is 13.2 Å². The Hall–Kier alpha value is -2.23. The highest BCUT2D eigenvalue weighted by Gasteiger charge is 2.48. The fourth-order valence-corrected chi connectivity index (χ4v) is 5.83. The molecule has 4 fully saturated rings. The molecule has 6 rings (SSSR count). The minimum absolute atomic E-state index is 0.106. The van der Waals surface area contributed by atoms with Crippen LogP contribution >= 0.6 is 0 Å². The second kappa shape index (κ2) is 8.46. The van der Waals surface area contributed by atoms with Crippen LogP contribution in [-0.4, -0.2) is 50.9 Å². The van der Waals surface area contributed by atoms with E-state index in [4.69, 9.17) is 19.8 Å². The second-order valence-electron chi connectivity index (χ2n) is 10.6. The molecular formula is C24H30F3N5O2. The molecule has 2 aromatic rings. The molecule has 34 heavy (non-hydrogen) atoms. The number of carbonyl (C=O) groups is 1. The van der Waals surface area contributed by atoms with E-state index < -0.39 is 24.0 Å². The molecule has 2 aromatic heterocycles. The number of imidazole rings is 1. The van der Waals surface area contributed by atoms with Crippen LogP contribution in [0.25, 0.3) is 5.78 Å². The molecule has 10 heteroatoms. The van der Waals surface area contributed by atoms with Crippen LogP contribution in [0.1, 0.15) is 67.9 Å². The summed E-state index contributed by atoms with van der Waals surface area (Å²) in [4.78, 5) is 22.0. The fourth-order valence-electron chi connectivity index (χ4n) is 5.83. The van der Waals surface area contributed by atoms with Crippen LogP contribution in [0.3, 0.4) is 0 Å². The van der Waals surface area contributed by atoms with Crippen LogP contribution in [0.15, 0.2) is 6.20 Å². The Morgan fingerprint density at radius 3 is 2.41 bits per heavy atom. The zero-order valence-corrected chi connectivity index (χ0v) is 19.1. The maximum atomic E-state index is 13.2. The van der Waals surface area contributed by atoms with Crippen molar-refractivity contribution in [3.63, 3.8) is 0 Å². The van der Waals surface area contributed by atoms with Gasteiger partial charge in [-0.15, -0.1) is 0 Å². The van der Waals surface area contributed by atoms with Crippen molar-refractivity contribution in [3.05, 3.63) is 23.3 Å². The zero-order chi connectivity index (χ0) is 23.4. The minimum atomic E-state index is -4.44. The quantitative estimate of drug-likeness (QED) is 0.659. The first-order valence-corrected chi connectivity index (χ1v) is 12.5. The molecule has 0 radical (unpaired) electrons. The standard InChI is InChI=1S/C24H30F3N5O2/c25-24(26,27)20-10-16(22(33)29-20)9-19-21(15-5-7-34-8-6-15)30-23-28-17(12-32(23)31-19)11-18(13-1-2-13)14-3-4-14/h12-16,18,20H,1-11H2,(H,29,33). The summed E-state index contributed by atoms with van der Waals surface area (Å²) in [5.74, 6) is 1.62. The molecule has 2 saturated heterocycles. The maximum absolute atomic E-state index is 13.2. The molecule has 0 spiro atoms. The summed E-state index contributed by atoms with van der Waals surface area (Å²) in [6, 6.07) is -1.80. The van der Waals surface area contributed by atoms with E-state index in [1.807, 2.05) is 6.20 Å². The average Bonchev–Trinajstić information content (AvgIpc) is 3.73. The maximum Gasteiger partial charge on any atom is 0.408 e. The Bertz CT molecular complexity index is 1060. The number of hydrogen-bond acceptors (Lipinski definition) is 5. The lowest BCUT2D eigenvalue weighted by Crippen LogP contribution is -2.38. The van der Waals surface area contributed by atoms with Gasteiger partial charge in [0.2, 0.25) is 5.91 Å². The van der Waals surface area contributed by atoms with E-state index in [1.165, 1.54) is 25.7 Å². The second-order valence-corrected chi connectivity index (χ2v) is 10.6. The third-order valence-corrected chi connectivity index (χ3v) is 8.01. The van der Waals surface area contributed by atoms with Crippen molar-refractivity contribution in [1.29, 1.82) is 0 Å². The Morgan fingerprint density at radius 2 is 1.79 bits per heavy atom. The Morgan fingerprint density at radius 1 is 1.09 bits per heavy atom. The molecule has 2 aliphatic carbocycles. The van der Waals surface area contributed by atoms with Gasteiger partial charge in [-0.05, 0) is 69.1 Å². The zero-order valence-electron chi connectivity index (χ0n) is 19.1. The van der Waals surface area contributed by atoms with Gasteiger partial charge in [-0.2, -0.15) is 18.3 Å². The largest absolute Gasteiger partial charge is 0.408 e. The van der Waals surface area contributed by atoms with Gasteiger partial charge in [0.15, 0.2) is 0 Å². The highest BCUT2D eigenvalue weighted by atomic mass is 19.4. The molecule has 7 nitrogen and oxygen atoms in total. The van der Waals surface area contributed by atoms with Crippen LogP contribution in [0.2, 0.25) is 0 Å². The fraction of sp³-hybridized carbons (Fsp3) is 0.750. The minimum Gasteiger partial charge on any atom is -0.381 e. The number of nitrogens with zero attached hydrogens (tertiary/aromatic N) is 4. The van der Waals surface area contributed by atoms with Crippen molar-refractivity contribution in [2.24, 2.45) is 23.7 Å². The summed E-state index contributed by atoms with van der Waals surface area (Å²) in [5.41, 5.74) is 2.35. The number of carbonyl (C=O) groups excluding carboxylic acids is 1. The molecule has 4 heterocycles. The van der Waals surface area contributed by atoms with E-state index in [-0.39, 0.29) is 18.8 Å². The van der Waals surface area contributed by atoms with Crippen LogP contribution in [0.5, 0.6) is 0 Å². The molecule has 1 N–H and O–H groups in total. The van der Waals surface area contributed by atoms with Crippen molar-refractivity contribution in [1.82, 2.24) is 24.9 Å². The third-order valence-electron chi connectivity index (χ3n) is 8.01. The van der Waals surface area contributed by atoms with E-state index in [9.17, 15) is 18.0 Å². The lowest BCUT2D eigenvalue weighted by Gasteiger charge is -2.23. The number of aromatic nitrogens is 4. The number of hydrogen-bond donors (Lipinski definition) is 1. The number of nitrogens with one attached hydrogen (secondary N) is 1. The number of amides is 1. The summed E-state index contributed by atoms with van der Waals surface area (Å²) in [7, 11) is 0. The first-order valence-electron chi connectivity index (χ1n) is 12.5. The summed E-state index contributed by atoms with van der Waals surface area (Å²) >= 11 is 0. The summed E-state index contributed by atoms with van der Waals surface area (Å²) in [6.45, 7) is 1.22. The van der Waals surface area contributed by atoms with Gasteiger partial charge in [0.25, 0.3) is 5.78 Å². The smallest absolute Gasteiger partial charge is 0.381 e. The van der Waals surface area contributed by atoms with Crippen molar-refractivity contribution in [3.8, 4) is 0 Å². The van der Waals surface area contributed by atoms with Gasteiger partial charge >= 0.3 is 6.18 Å². The third kappa shape index (κ3) is 4.53. The van der Waals surface area contributed by atoms with Gasteiger partial charge in [-0.25, -0.2) is 14.5 Å². The first kappa shape index (κ1) is 22.2. The molecule has 184 valence electrons. The molecule has 0 aromatic carbocycles. The number of ether oxygens (including phenoxy) is 1. The van der Waals surface area contributed by atoms with Crippen molar-refractivity contribution in [2.45, 2.75) is 75.9 Å². The van der Waals surface area contributed by atoms with Gasteiger partial charge in [0.05, 0.1) is 23.3 Å². The Kier molecular flexibility index (Phi) is 5.54. The van der Waals surface area contributed by atoms with E-state index in [2.05, 4.69) is 5.32 Å². The van der Waals surface area contributed by atoms with Crippen LogP contribution in [0, 0.1) is 23.7 Å². The van der Waals surface area contributed by atoms with E-state index >= 15 is 0 Å². The summed E-state index contributed by atoms with van der Waals surface area (Å²) in [6.07, 6.45) is 5.09. The molecule has 2 unspecified atom stereocenters. The molecule has 1 amide bonds. The normalized spacial score (nSPS) is 26.5. The lowest BCUT2D eigenvalue weighted by molar-refractivity contribution is -0.154.